The molecule has 0 bridgehead atoms. The molecule has 0 saturated carbocycles. The smallest absolute Gasteiger partial charge is 0.407 e. The number of rotatable bonds is 4. The van der Waals surface area contributed by atoms with E-state index in [-0.39, 0.29) is 36.9 Å². The van der Waals surface area contributed by atoms with E-state index in [2.05, 4.69) is 0 Å². The molecule has 0 spiro atoms. The van der Waals surface area contributed by atoms with Gasteiger partial charge in [-0.05, 0) is 42.3 Å². The van der Waals surface area contributed by atoms with E-state index in [0.29, 0.717) is 6.54 Å². The van der Waals surface area contributed by atoms with Crippen LogP contribution in [0.3, 0.4) is 0 Å². The van der Waals surface area contributed by atoms with Crippen molar-refractivity contribution < 1.29 is 23.8 Å². The van der Waals surface area contributed by atoms with Gasteiger partial charge in [-0.1, -0.05) is 24.3 Å². The number of hydrogen-bond donors (Lipinski definition) is 2. The molecule has 1 aliphatic rings. The number of nitrogens with zero attached hydrogens (tertiary/aromatic N) is 2. The first-order valence-electron chi connectivity index (χ1n) is 8.77. The minimum atomic E-state index is -1.03. The van der Waals surface area contributed by atoms with Crippen molar-refractivity contribution in [1.82, 2.24) is 9.80 Å². The van der Waals surface area contributed by atoms with Crippen LogP contribution in [-0.4, -0.2) is 57.9 Å². The SMILES string of the molecule is C[C@@H]1CN(C(c2ccc(F)cc2)c2ccc(F)cc2)[C@@H](CO)CN1C(=O)O. The van der Waals surface area contributed by atoms with Gasteiger partial charge in [0.05, 0.1) is 18.7 Å². The monoisotopic (exact) mass is 376 g/mol. The third-order valence-corrected chi connectivity index (χ3v) is 5.04. The van der Waals surface area contributed by atoms with Gasteiger partial charge in [-0.2, -0.15) is 0 Å². The maximum atomic E-state index is 13.4. The number of aliphatic hydroxyl groups is 1. The largest absolute Gasteiger partial charge is 0.465 e. The molecule has 0 unspecified atom stereocenters. The maximum Gasteiger partial charge on any atom is 0.407 e. The van der Waals surface area contributed by atoms with Crippen molar-refractivity contribution in [1.29, 1.82) is 0 Å². The van der Waals surface area contributed by atoms with Crippen molar-refractivity contribution in [2.75, 3.05) is 19.7 Å². The molecule has 3 rings (SSSR count). The summed E-state index contributed by atoms with van der Waals surface area (Å²) in [5, 5.41) is 19.3. The number of halogens is 2. The molecule has 1 fully saturated rings. The Labute approximate surface area is 156 Å². The molecular weight excluding hydrogens is 354 g/mol. The fraction of sp³-hybridized carbons (Fsp3) is 0.350. The first kappa shape index (κ1) is 19.3. The van der Waals surface area contributed by atoms with E-state index in [1.807, 2.05) is 4.90 Å². The van der Waals surface area contributed by atoms with E-state index in [4.69, 9.17) is 0 Å². The molecule has 0 aromatic heterocycles. The summed E-state index contributed by atoms with van der Waals surface area (Å²) in [4.78, 5) is 14.8. The number of benzene rings is 2. The standard InChI is InChI=1S/C20H22F2N2O3/c1-13-10-24(18(12-25)11-23(13)20(26)27)19(14-2-6-16(21)7-3-14)15-4-8-17(22)9-5-15/h2-9,13,18-19,25H,10-12H2,1H3,(H,26,27)/t13-,18-/m1/s1. The molecule has 0 radical (unpaired) electrons. The van der Waals surface area contributed by atoms with Crippen molar-refractivity contribution in [3.63, 3.8) is 0 Å². The van der Waals surface area contributed by atoms with Crippen LogP contribution in [0.4, 0.5) is 13.6 Å². The zero-order chi connectivity index (χ0) is 19.6. The summed E-state index contributed by atoms with van der Waals surface area (Å²) in [5.41, 5.74) is 1.58. The summed E-state index contributed by atoms with van der Waals surface area (Å²) in [7, 11) is 0. The van der Waals surface area contributed by atoms with Gasteiger partial charge in [0.25, 0.3) is 0 Å². The number of piperazine rings is 1. The minimum absolute atomic E-state index is 0.159. The van der Waals surface area contributed by atoms with Gasteiger partial charge in [0.1, 0.15) is 11.6 Å². The fourth-order valence-electron chi connectivity index (χ4n) is 3.68. The molecule has 2 aromatic carbocycles. The third-order valence-electron chi connectivity index (χ3n) is 5.04. The van der Waals surface area contributed by atoms with Crippen LogP contribution in [0.2, 0.25) is 0 Å². The van der Waals surface area contributed by atoms with Crippen LogP contribution in [0.5, 0.6) is 0 Å². The lowest BCUT2D eigenvalue weighted by Crippen LogP contribution is -2.60. The Hall–Kier alpha value is -2.51. The molecule has 27 heavy (non-hydrogen) atoms. The highest BCUT2D eigenvalue weighted by Crippen LogP contribution is 2.33. The molecule has 1 saturated heterocycles. The Morgan fingerprint density at radius 3 is 1.93 bits per heavy atom. The summed E-state index contributed by atoms with van der Waals surface area (Å²) in [6.07, 6.45) is -1.03. The zero-order valence-electron chi connectivity index (χ0n) is 14.9. The topological polar surface area (TPSA) is 64.0 Å². The lowest BCUT2D eigenvalue weighted by Gasteiger charge is -2.47. The average molecular weight is 376 g/mol. The van der Waals surface area contributed by atoms with E-state index < -0.39 is 12.1 Å². The summed E-state index contributed by atoms with van der Waals surface area (Å²) in [6, 6.07) is 11.0. The Morgan fingerprint density at radius 1 is 1.04 bits per heavy atom. The second-order valence-corrected chi connectivity index (χ2v) is 6.82. The van der Waals surface area contributed by atoms with Crippen molar-refractivity contribution in [2.24, 2.45) is 0 Å². The molecule has 1 amide bonds. The van der Waals surface area contributed by atoms with Gasteiger partial charge in [-0.15, -0.1) is 0 Å². The van der Waals surface area contributed by atoms with Gasteiger partial charge in [0.15, 0.2) is 0 Å². The van der Waals surface area contributed by atoms with Crippen molar-refractivity contribution in [3.05, 3.63) is 71.3 Å². The van der Waals surface area contributed by atoms with Crippen LogP contribution in [0.25, 0.3) is 0 Å². The van der Waals surface area contributed by atoms with Crippen LogP contribution in [0.15, 0.2) is 48.5 Å². The van der Waals surface area contributed by atoms with Gasteiger partial charge in [0.2, 0.25) is 0 Å². The molecule has 144 valence electrons. The lowest BCUT2D eigenvalue weighted by atomic mass is 9.93. The maximum absolute atomic E-state index is 13.4. The summed E-state index contributed by atoms with van der Waals surface area (Å²) in [6.45, 7) is 2.12. The Balaban J connectivity index is 2.02. The third kappa shape index (κ3) is 4.09. The van der Waals surface area contributed by atoms with E-state index >= 15 is 0 Å². The van der Waals surface area contributed by atoms with Gasteiger partial charge in [0, 0.05) is 19.1 Å². The molecule has 7 heteroatoms. The van der Waals surface area contributed by atoms with Gasteiger partial charge in [-0.25, -0.2) is 13.6 Å². The summed E-state index contributed by atoms with van der Waals surface area (Å²) >= 11 is 0. The van der Waals surface area contributed by atoms with Crippen molar-refractivity contribution >= 4 is 6.09 Å². The number of amides is 1. The van der Waals surface area contributed by atoms with E-state index in [1.54, 1.807) is 31.2 Å². The van der Waals surface area contributed by atoms with Crippen LogP contribution in [-0.2, 0) is 0 Å². The summed E-state index contributed by atoms with van der Waals surface area (Å²) < 4.78 is 26.8. The van der Waals surface area contributed by atoms with Gasteiger partial charge < -0.3 is 15.1 Å². The minimum Gasteiger partial charge on any atom is -0.465 e. The molecular formula is C20H22F2N2O3. The average Bonchev–Trinajstić information content (AvgIpc) is 2.65. The second-order valence-electron chi connectivity index (χ2n) is 6.82. The number of hydrogen-bond acceptors (Lipinski definition) is 3. The fourth-order valence-corrected chi connectivity index (χ4v) is 3.68. The Bertz CT molecular complexity index is 737. The van der Waals surface area contributed by atoms with Gasteiger partial charge >= 0.3 is 6.09 Å². The van der Waals surface area contributed by atoms with Gasteiger partial charge in [-0.3, -0.25) is 4.90 Å². The predicted octanol–water partition coefficient (Wildman–Crippen LogP) is 3.10. The molecule has 2 atom stereocenters. The van der Waals surface area contributed by atoms with E-state index in [1.165, 1.54) is 29.2 Å². The first-order valence-corrected chi connectivity index (χ1v) is 8.77. The lowest BCUT2D eigenvalue weighted by molar-refractivity contribution is -0.000495. The highest BCUT2D eigenvalue weighted by molar-refractivity contribution is 5.65. The quantitative estimate of drug-likeness (QED) is 0.861. The Kier molecular flexibility index (Phi) is 5.72. The van der Waals surface area contributed by atoms with Crippen LogP contribution >= 0.6 is 0 Å². The van der Waals surface area contributed by atoms with Crippen LogP contribution in [0.1, 0.15) is 24.1 Å². The number of carboxylic acid groups (broad SMARTS) is 1. The van der Waals surface area contributed by atoms with Crippen molar-refractivity contribution in [3.8, 4) is 0 Å². The highest BCUT2D eigenvalue weighted by Gasteiger charge is 2.38. The van der Waals surface area contributed by atoms with Crippen LogP contribution < -0.4 is 0 Å². The predicted molar refractivity (Wildman–Crippen MR) is 96.4 cm³/mol. The summed E-state index contributed by atoms with van der Waals surface area (Å²) in [5.74, 6) is -0.723. The molecule has 0 aliphatic carbocycles. The molecule has 2 aromatic rings. The highest BCUT2D eigenvalue weighted by atomic mass is 19.1. The first-order chi connectivity index (χ1) is 12.9. The van der Waals surface area contributed by atoms with E-state index in [0.717, 1.165) is 11.1 Å². The number of aliphatic hydroxyl groups excluding tert-OH is 1. The van der Waals surface area contributed by atoms with Crippen molar-refractivity contribution in [2.45, 2.75) is 25.0 Å². The molecule has 2 N–H and O–H groups in total. The molecule has 1 heterocycles. The number of carbonyl (C=O) groups is 1. The zero-order valence-corrected chi connectivity index (χ0v) is 14.9. The normalized spacial score (nSPS) is 20.9. The second kappa shape index (κ2) is 8.02. The Morgan fingerprint density at radius 2 is 1.52 bits per heavy atom. The van der Waals surface area contributed by atoms with Crippen LogP contribution in [0, 0.1) is 11.6 Å². The molecule has 1 aliphatic heterocycles. The van der Waals surface area contributed by atoms with E-state index in [9.17, 15) is 23.8 Å². The molecule has 5 nitrogen and oxygen atoms in total.